The number of aromatic nitrogens is 7. The molecule has 4 rings (SSSR count). The molecule has 0 unspecified atom stereocenters. The molecule has 0 fully saturated rings. The highest BCUT2D eigenvalue weighted by Gasteiger charge is 2.19. The molecule has 1 amide bonds. The highest BCUT2D eigenvalue weighted by atomic mass is 19.1. The van der Waals surface area contributed by atoms with E-state index in [-0.39, 0.29) is 18.0 Å². The zero-order valence-corrected chi connectivity index (χ0v) is 18.5. The molecule has 0 atom stereocenters. The lowest BCUT2D eigenvalue weighted by atomic mass is 10.00. The SMILES string of the molecule is COc1nn(C)c2nc(C)c(CCC(=O)Nc3cc(-n4nnnc4C)ccc3F)c(C)c12. The number of hydrogen-bond donors (Lipinski definition) is 1. The Hall–Kier alpha value is -3.89. The first-order valence-corrected chi connectivity index (χ1v) is 10.0. The molecule has 1 N–H and O–H groups in total. The topological polar surface area (TPSA) is 113 Å². The van der Waals surface area contributed by atoms with Crippen LogP contribution in [0.1, 0.15) is 29.1 Å². The fourth-order valence-corrected chi connectivity index (χ4v) is 3.77. The van der Waals surface area contributed by atoms with Gasteiger partial charge in [0.05, 0.1) is 23.9 Å². The van der Waals surface area contributed by atoms with Crippen LogP contribution in [0.4, 0.5) is 10.1 Å². The van der Waals surface area contributed by atoms with Crippen molar-refractivity contribution in [3.05, 3.63) is 46.7 Å². The molecule has 32 heavy (non-hydrogen) atoms. The summed E-state index contributed by atoms with van der Waals surface area (Å²) in [5.41, 5.74) is 4.07. The number of pyridine rings is 1. The third-order valence-electron chi connectivity index (χ3n) is 5.41. The smallest absolute Gasteiger partial charge is 0.242 e. The zero-order chi connectivity index (χ0) is 23.0. The first-order chi connectivity index (χ1) is 15.3. The molecule has 0 aliphatic carbocycles. The number of amides is 1. The second-order valence-electron chi connectivity index (χ2n) is 7.48. The van der Waals surface area contributed by atoms with Crippen LogP contribution in [0.25, 0.3) is 16.7 Å². The van der Waals surface area contributed by atoms with E-state index in [1.54, 1.807) is 24.8 Å². The molecule has 0 aliphatic rings. The van der Waals surface area contributed by atoms with Crippen molar-refractivity contribution in [2.75, 3.05) is 12.4 Å². The van der Waals surface area contributed by atoms with E-state index in [9.17, 15) is 9.18 Å². The zero-order valence-electron chi connectivity index (χ0n) is 18.5. The van der Waals surface area contributed by atoms with Crippen LogP contribution < -0.4 is 10.1 Å². The van der Waals surface area contributed by atoms with Gasteiger partial charge in [0.25, 0.3) is 0 Å². The van der Waals surface area contributed by atoms with Gasteiger partial charge in [-0.2, -0.15) is 4.68 Å². The summed E-state index contributed by atoms with van der Waals surface area (Å²) in [6.07, 6.45) is 0.600. The van der Waals surface area contributed by atoms with E-state index >= 15 is 0 Å². The lowest BCUT2D eigenvalue weighted by Gasteiger charge is -2.12. The number of nitrogens with zero attached hydrogens (tertiary/aromatic N) is 7. The predicted molar refractivity (Wildman–Crippen MR) is 115 cm³/mol. The molecule has 10 nitrogen and oxygen atoms in total. The number of carbonyl (C=O) groups is 1. The molecular formula is C21H23FN8O2. The summed E-state index contributed by atoms with van der Waals surface area (Å²) in [6, 6.07) is 4.32. The van der Waals surface area contributed by atoms with Gasteiger partial charge < -0.3 is 10.1 Å². The quantitative estimate of drug-likeness (QED) is 0.492. The van der Waals surface area contributed by atoms with Gasteiger partial charge in [-0.15, -0.1) is 10.2 Å². The van der Waals surface area contributed by atoms with E-state index in [1.165, 1.54) is 16.8 Å². The number of rotatable bonds is 6. The number of tetrazole rings is 1. The maximum absolute atomic E-state index is 14.3. The third kappa shape index (κ3) is 3.77. The van der Waals surface area contributed by atoms with E-state index in [0.717, 1.165) is 27.9 Å². The number of hydrogen-bond acceptors (Lipinski definition) is 7. The van der Waals surface area contributed by atoms with Gasteiger partial charge in [0.1, 0.15) is 5.82 Å². The number of carbonyl (C=O) groups excluding carboxylic acids is 1. The van der Waals surface area contributed by atoms with E-state index < -0.39 is 5.82 Å². The van der Waals surface area contributed by atoms with Crippen molar-refractivity contribution in [2.45, 2.75) is 33.6 Å². The second-order valence-corrected chi connectivity index (χ2v) is 7.48. The molecule has 0 saturated carbocycles. The highest BCUT2D eigenvalue weighted by Crippen LogP contribution is 2.30. The highest BCUT2D eigenvalue weighted by molar-refractivity contribution is 5.91. The predicted octanol–water partition coefficient (Wildman–Crippen LogP) is 2.59. The van der Waals surface area contributed by atoms with Crippen LogP contribution in [0, 0.1) is 26.6 Å². The van der Waals surface area contributed by atoms with Gasteiger partial charge >= 0.3 is 0 Å². The van der Waals surface area contributed by atoms with Gasteiger partial charge in [0.15, 0.2) is 11.5 Å². The normalized spacial score (nSPS) is 11.2. The van der Waals surface area contributed by atoms with E-state index in [4.69, 9.17) is 4.74 Å². The van der Waals surface area contributed by atoms with Gasteiger partial charge in [0.2, 0.25) is 11.8 Å². The molecule has 1 aromatic carbocycles. The molecule has 166 valence electrons. The summed E-state index contributed by atoms with van der Waals surface area (Å²) in [4.78, 5) is 17.3. The fourth-order valence-electron chi connectivity index (χ4n) is 3.77. The molecule has 0 bridgehead atoms. The summed E-state index contributed by atoms with van der Waals surface area (Å²) < 4.78 is 22.8. The molecule has 0 spiro atoms. The summed E-state index contributed by atoms with van der Waals surface area (Å²) >= 11 is 0. The Balaban J connectivity index is 1.54. The Morgan fingerprint density at radius 2 is 2.03 bits per heavy atom. The number of ether oxygens (including phenoxy) is 1. The van der Waals surface area contributed by atoms with Crippen molar-refractivity contribution in [1.82, 2.24) is 35.0 Å². The minimum atomic E-state index is -0.539. The monoisotopic (exact) mass is 438 g/mol. The number of halogens is 1. The molecule has 3 heterocycles. The molecule has 11 heteroatoms. The summed E-state index contributed by atoms with van der Waals surface area (Å²) in [5.74, 6) is 0.193. The minimum absolute atomic E-state index is 0.0679. The van der Waals surface area contributed by atoms with Gasteiger partial charge in [0, 0.05) is 19.2 Å². The number of methoxy groups -OCH3 is 1. The maximum atomic E-state index is 14.3. The van der Waals surface area contributed by atoms with Crippen molar-refractivity contribution in [1.29, 1.82) is 0 Å². The van der Waals surface area contributed by atoms with Crippen molar-refractivity contribution >= 4 is 22.6 Å². The molecule has 4 aromatic rings. The molecule has 0 aliphatic heterocycles. The Kier molecular flexibility index (Phi) is 5.56. The Bertz CT molecular complexity index is 1330. The van der Waals surface area contributed by atoms with Crippen molar-refractivity contribution < 1.29 is 13.9 Å². The average molecular weight is 438 g/mol. The van der Waals surface area contributed by atoms with Crippen molar-refractivity contribution in [3.63, 3.8) is 0 Å². The Morgan fingerprint density at radius 3 is 2.72 bits per heavy atom. The lowest BCUT2D eigenvalue weighted by molar-refractivity contribution is -0.116. The van der Waals surface area contributed by atoms with Crippen LogP contribution in [-0.2, 0) is 18.3 Å². The minimum Gasteiger partial charge on any atom is -0.479 e. The average Bonchev–Trinajstić information content (AvgIpc) is 3.32. The first kappa shape index (κ1) is 21.3. The largest absolute Gasteiger partial charge is 0.479 e. The number of aryl methyl sites for hydroxylation is 4. The maximum Gasteiger partial charge on any atom is 0.242 e. The number of anilines is 1. The van der Waals surface area contributed by atoms with Crippen LogP contribution in [0.2, 0.25) is 0 Å². The Morgan fingerprint density at radius 1 is 1.25 bits per heavy atom. The van der Waals surface area contributed by atoms with Gasteiger partial charge in [-0.3, -0.25) is 4.79 Å². The van der Waals surface area contributed by atoms with Crippen molar-refractivity contribution in [2.24, 2.45) is 7.05 Å². The van der Waals surface area contributed by atoms with Crippen LogP contribution >= 0.6 is 0 Å². The summed E-state index contributed by atoms with van der Waals surface area (Å²) in [7, 11) is 3.37. The molecule has 0 radical (unpaired) electrons. The van der Waals surface area contributed by atoms with Crippen LogP contribution in [-0.4, -0.2) is 48.0 Å². The summed E-state index contributed by atoms with van der Waals surface area (Å²) in [6.45, 7) is 5.59. The molecular weight excluding hydrogens is 415 g/mol. The third-order valence-corrected chi connectivity index (χ3v) is 5.41. The van der Waals surface area contributed by atoms with Gasteiger partial charge in [-0.25, -0.2) is 14.1 Å². The van der Waals surface area contributed by atoms with Crippen LogP contribution in [0.15, 0.2) is 18.2 Å². The molecule has 3 aromatic heterocycles. The van der Waals surface area contributed by atoms with E-state index in [1.807, 2.05) is 20.9 Å². The lowest BCUT2D eigenvalue weighted by Crippen LogP contribution is -2.15. The van der Waals surface area contributed by atoms with E-state index in [2.05, 4.69) is 30.9 Å². The Labute approximate surface area is 183 Å². The number of benzene rings is 1. The van der Waals surface area contributed by atoms with Gasteiger partial charge in [-0.1, -0.05) is 0 Å². The van der Waals surface area contributed by atoms with Crippen LogP contribution in [0.5, 0.6) is 5.88 Å². The summed E-state index contributed by atoms with van der Waals surface area (Å²) in [5, 5.41) is 19.1. The van der Waals surface area contributed by atoms with Crippen LogP contribution in [0.3, 0.4) is 0 Å². The number of fused-ring (bicyclic) bond motifs is 1. The fraction of sp³-hybridized carbons (Fsp3) is 0.333. The van der Waals surface area contributed by atoms with Crippen molar-refractivity contribution in [3.8, 4) is 11.6 Å². The second kappa shape index (κ2) is 8.33. The first-order valence-electron chi connectivity index (χ1n) is 10.0. The van der Waals surface area contributed by atoms with E-state index in [0.29, 0.717) is 23.8 Å². The standard InChI is InChI=1S/C21H23FN8O2/c1-11-15(12(2)23-20-19(11)21(32-5)26-29(20)4)7-9-18(31)24-17-10-14(6-8-16(17)22)30-13(3)25-27-28-30/h6,8,10H,7,9H2,1-5H3,(H,24,31). The molecule has 0 saturated heterocycles. The van der Waals surface area contributed by atoms with Gasteiger partial charge in [-0.05, 0) is 66.9 Å². The number of nitrogens with one attached hydrogen (secondary N) is 1.